The number of halogens is 1. The average molecular weight is 294 g/mol. The molecule has 0 unspecified atom stereocenters. The van der Waals surface area contributed by atoms with Crippen LogP contribution in [-0.4, -0.2) is 23.2 Å². The van der Waals surface area contributed by atoms with Crippen molar-refractivity contribution in [3.05, 3.63) is 42.1 Å². The Balaban J connectivity index is 0.00000133. The summed E-state index contributed by atoms with van der Waals surface area (Å²) >= 11 is 1.76. The molecule has 1 aromatic heterocycles. The molecule has 1 aromatic carbocycles. The van der Waals surface area contributed by atoms with E-state index in [0.29, 0.717) is 0 Å². The van der Waals surface area contributed by atoms with E-state index in [1.807, 2.05) is 12.3 Å². The van der Waals surface area contributed by atoms with Gasteiger partial charge in [0.25, 0.3) is 0 Å². The molecule has 0 amide bonds. The molecule has 3 nitrogen and oxygen atoms in total. The van der Waals surface area contributed by atoms with Crippen LogP contribution >= 0.6 is 24.2 Å². The predicted molar refractivity (Wildman–Crippen MR) is 85.2 cm³/mol. The number of fused-ring (bicyclic) bond motifs is 1. The number of hydrogen-bond acceptors (Lipinski definition) is 4. The smallest absolute Gasteiger partial charge is 0.156 e. The topological polar surface area (TPSA) is 37.3 Å². The standard InChI is InChI=1S/C14H15N3S.ClH/c1-4-11-6-2-7-15-13(11)12(5-1)10-18-14-16-8-3-9-17-14;/h1-2,4-7H,3,8-10H2,(H,16,17);1H. The summed E-state index contributed by atoms with van der Waals surface area (Å²) in [6, 6.07) is 10.4. The van der Waals surface area contributed by atoms with Crippen molar-refractivity contribution in [2.24, 2.45) is 4.99 Å². The molecule has 1 N–H and O–H groups in total. The van der Waals surface area contributed by atoms with Crippen LogP contribution in [0.4, 0.5) is 0 Å². The van der Waals surface area contributed by atoms with Crippen LogP contribution in [0.1, 0.15) is 12.0 Å². The Labute approximate surface area is 123 Å². The molecule has 0 spiro atoms. The first kappa shape index (κ1) is 14.2. The second kappa shape index (κ2) is 6.78. The highest BCUT2D eigenvalue weighted by atomic mass is 35.5. The quantitative estimate of drug-likeness (QED) is 0.923. The molecule has 3 rings (SSSR count). The number of rotatable bonds is 2. The van der Waals surface area contributed by atoms with E-state index in [1.165, 1.54) is 10.9 Å². The van der Waals surface area contributed by atoms with Gasteiger partial charge in [0.2, 0.25) is 0 Å². The zero-order valence-corrected chi connectivity index (χ0v) is 12.1. The van der Waals surface area contributed by atoms with Gasteiger partial charge < -0.3 is 5.32 Å². The SMILES string of the molecule is Cl.c1cnc2c(CSC3=NCCCN3)cccc2c1. The van der Waals surface area contributed by atoms with E-state index in [1.54, 1.807) is 11.8 Å². The van der Waals surface area contributed by atoms with Gasteiger partial charge in [-0.2, -0.15) is 0 Å². The first-order chi connectivity index (χ1) is 8.93. The molecular weight excluding hydrogens is 278 g/mol. The molecule has 1 aliphatic rings. The van der Waals surface area contributed by atoms with E-state index < -0.39 is 0 Å². The van der Waals surface area contributed by atoms with Gasteiger partial charge in [-0.1, -0.05) is 36.0 Å². The zero-order chi connectivity index (χ0) is 12.2. The monoisotopic (exact) mass is 293 g/mol. The number of benzene rings is 1. The highest BCUT2D eigenvalue weighted by molar-refractivity contribution is 8.13. The summed E-state index contributed by atoms with van der Waals surface area (Å²) in [4.78, 5) is 8.94. The van der Waals surface area contributed by atoms with Gasteiger partial charge in [0.1, 0.15) is 0 Å². The third-order valence-corrected chi connectivity index (χ3v) is 3.95. The lowest BCUT2D eigenvalue weighted by Gasteiger charge is -2.14. The van der Waals surface area contributed by atoms with Crippen molar-refractivity contribution in [2.45, 2.75) is 12.2 Å². The van der Waals surface area contributed by atoms with Crippen LogP contribution in [0.15, 0.2) is 41.5 Å². The molecule has 1 aliphatic heterocycles. The molecule has 19 heavy (non-hydrogen) atoms. The van der Waals surface area contributed by atoms with Gasteiger partial charge in [-0.15, -0.1) is 12.4 Å². The Bertz CT molecular complexity index is 580. The van der Waals surface area contributed by atoms with Crippen molar-refractivity contribution in [1.29, 1.82) is 0 Å². The predicted octanol–water partition coefficient (Wildman–Crippen LogP) is 3.24. The minimum atomic E-state index is 0. The van der Waals surface area contributed by atoms with Crippen molar-refractivity contribution < 1.29 is 0 Å². The van der Waals surface area contributed by atoms with Crippen LogP contribution in [0.2, 0.25) is 0 Å². The van der Waals surface area contributed by atoms with Gasteiger partial charge in [-0.25, -0.2) is 0 Å². The Morgan fingerprint density at radius 2 is 2.11 bits per heavy atom. The van der Waals surface area contributed by atoms with E-state index >= 15 is 0 Å². The summed E-state index contributed by atoms with van der Waals surface area (Å²) in [5.41, 5.74) is 2.37. The summed E-state index contributed by atoms with van der Waals surface area (Å²) in [5, 5.41) is 5.60. The van der Waals surface area contributed by atoms with Crippen LogP contribution in [0, 0.1) is 0 Å². The van der Waals surface area contributed by atoms with Crippen LogP contribution in [0.25, 0.3) is 10.9 Å². The van der Waals surface area contributed by atoms with Crippen molar-refractivity contribution in [3.8, 4) is 0 Å². The minimum Gasteiger partial charge on any atom is -0.365 e. The van der Waals surface area contributed by atoms with Gasteiger partial charge in [0.05, 0.1) is 5.52 Å². The van der Waals surface area contributed by atoms with E-state index in [2.05, 4.69) is 39.6 Å². The Kier molecular flexibility index (Phi) is 5.05. The molecular formula is C14H16ClN3S. The van der Waals surface area contributed by atoms with Crippen molar-refractivity contribution in [3.63, 3.8) is 0 Å². The van der Waals surface area contributed by atoms with Crippen molar-refractivity contribution >= 4 is 40.2 Å². The zero-order valence-electron chi connectivity index (χ0n) is 10.5. The van der Waals surface area contributed by atoms with Crippen molar-refractivity contribution in [1.82, 2.24) is 10.3 Å². The van der Waals surface area contributed by atoms with Gasteiger partial charge in [0.15, 0.2) is 5.17 Å². The third kappa shape index (κ3) is 3.39. The number of nitrogens with one attached hydrogen (secondary N) is 1. The number of amidine groups is 1. The molecule has 0 saturated carbocycles. The first-order valence-electron chi connectivity index (χ1n) is 6.17. The normalized spacial score (nSPS) is 14.4. The molecule has 0 radical (unpaired) electrons. The maximum atomic E-state index is 4.47. The van der Waals surface area contributed by atoms with Crippen LogP contribution in [0.3, 0.4) is 0 Å². The van der Waals surface area contributed by atoms with Gasteiger partial charge in [-0.05, 0) is 18.1 Å². The number of nitrogens with zero attached hydrogens (tertiary/aromatic N) is 2. The molecule has 5 heteroatoms. The summed E-state index contributed by atoms with van der Waals surface area (Å²) in [7, 11) is 0. The fourth-order valence-electron chi connectivity index (χ4n) is 2.04. The van der Waals surface area contributed by atoms with E-state index in [-0.39, 0.29) is 12.4 Å². The summed E-state index contributed by atoms with van der Waals surface area (Å²) in [6.45, 7) is 1.99. The molecule has 2 aromatic rings. The minimum absolute atomic E-state index is 0. The van der Waals surface area contributed by atoms with Crippen LogP contribution in [0.5, 0.6) is 0 Å². The first-order valence-corrected chi connectivity index (χ1v) is 7.16. The summed E-state index contributed by atoms with van der Waals surface area (Å²) in [5.74, 6) is 0.917. The molecule has 0 atom stereocenters. The lowest BCUT2D eigenvalue weighted by Crippen LogP contribution is -2.26. The number of para-hydroxylation sites is 1. The number of pyridine rings is 1. The molecule has 100 valence electrons. The van der Waals surface area contributed by atoms with Crippen LogP contribution in [-0.2, 0) is 5.75 Å². The Morgan fingerprint density at radius 3 is 2.95 bits per heavy atom. The Morgan fingerprint density at radius 1 is 1.21 bits per heavy atom. The highest BCUT2D eigenvalue weighted by Gasteiger charge is 2.07. The Hall–Kier alpha value is -1.26. The second-order valence-corrected chi connectivity index (χ2v) is 5.21. The van der Waals surface area contributed by atoms with E-state index in [4.69, 9.17) is 0 Å². The molecule has 2 heterocycles. The number of aromatic nitrogens is 1. The van der Waals surface area contributed by atoms with Crippen molar-refractivity contribution in [2.75, 3.05) is 13.1 Å². The molecule has 0 bridgehead atoms. The summed E-state index contributed by atoms with van der Waals surface area (Å²) < 4.78 is 0. The van der Waals surface area contributed by atoms with E-state index in [0.717, 1.165) is 35.9 Å². The molecule has 0 aliphatic carbocycles. The van der Waals surface area contributed by atoms with Gasteiger partial charge in [-0.3, -0.25) is 9.98 Å². The molecule has 0 fully saturated rings. The number of thioether (sulfide) groups is 1. The second-order valence-electron chi connectivity index (χ2n) is 4.25. The largest absolute Gasteiger partial charge is 0.365 e. The van der Waals surface area contributed by atoms with Crippen LogP contribution < -0.4 is 5.32 Å². The third-order valence-electron chi connectivity index (χ3n) is 2.95. The maximum absolute atomic E-state index is 4.47. The fourth-order valence-corrected chi connectivity index (χ4v) is 2.95. The lowest BCUT2D eigenvalue weighted by atomic mass is 10.1. The average Bonchev–Trinajstić information content (AvgIpc) is 2.46. The summed E-state index contributed by atoms with van der Waals surface area (Å²) in [6.07, 6.45) is 2.99. The highest BCUT2D eigenvalue weighted by Crippen LogP contribution is 2.21. The lowest BCUT2D eigenvalue weighted by molar-refractivity contribution is 0.751. The fraction of sp³-hybridized carbons (Fsp3) is 0.286. The number of aliphatic imine (C=N–C) groups is 1. The van der Waals surface area contributed by atoms with Gasteiger partial charge in [0, 0.05) is 30.4 Å². The molecule has 0 saturated heterocycles. The van der Waals surface area contributed by atoms with Gasteiger partial charge >= 0.3 is 0 Å². The van der Waals surface area contributed by atoms with E-state index in [9.17, 15) is 0 Å². The number of hydrogen-bond donors (Lipinski definition) is 1. The maximum Gasteiger partial charge on any atom is 0.156 e.